The van der Waals surface area contributed by atoms with Gasteiger partial charge in [0.05, 0.1) is 11.8 Å². The van der Waals surface area contributed by atoms with Gasteiger partial charge < -0.3 is 0 Å². The first-order valence-electron chi connectivity index (χ1n) is 3.88. The van der Waals surface area contributed by atoms with Crippen molar-refractivity contribution in [1.29, 1.82) is 0 Å². The summed E-state index contributed by atoms with van der Waals surface area (Å²) >= 11 is 0. The van der Waals surface area contributed by atoms with Gasteiger partial charge in [-0.05, 0) is 6.42 Å². The molecular weight excluding hydrogens is 174 g/mol. The molecule has 0 aromatic rings. The summed E-state index contributed by atoms with van der Waals surface area (Å²) in [6.45, 7) is 1.97. The Bertz CT molecular complexity index is 289. The molecule has 1 atom stereocenters. The molecule has 0 aromatic heterocycles. The average molecular weight is 187 g/mol. The van der Waals surface area contributed by atoms with E-state index in [-0.39, 0.29) is 5.25 Å². The minimum absolute atomic E-state index is 0.203. The summed E-state index contributed by atoms with van der Waals surface area (Å²) in [5.41, 5.74) is 0. The van der Waals surface area contributed by atoms with E-state index in [0.29, 0.717) is 13.1 Å². The molecule has 68 valence electrons. The molecule has 1 saturated heterocycles. The summed E-state index contributed by atoms with van der Waals surface area (Å²) in [6.07, 6.45) is 7.13. The monoisotopic (exact) mass is 187 g/mol. The smallest absolute Gasteiger partial charge is 0.151 e. The average Bonchev–Trinajstić information content (AvgIpc) is 2.35. The van der Waals surface area contributed by atoms with Gasteiger partial charge >= 0.3 is 0 Å². The Hall–Kier alpha value is -0.530. The number of terminal acetylenes is 1. The first-order chi connectivity index (χ1) is 5.54. The molecular formula is C8H13NO2S. The minimum Gasteiger partial charge on any atom is -0.291 e. The Morgan fingerprint density at radius 3 is 2.75 bits per heavy atom. The predicted molar refractivity (Wildman–Crippen MR) is 48.5 cm³/mol. The van der Waals surface area contributed by atoms with E-state index in [2.05, 4.69) is 5.92 Å². The van der Waals surface area contributed by atoms with Crippen LogP contribution in [0.25, 0.3) is 0 Å². The van der Waals surface area contributed by atoms with Crippen molar-refractivity contribution < 1.29 is 8.42 Å². The molecule has 1 aliphatic rings. The number of sulfone groups is 1. The molecule has 0 aromatic carbocycles. The van der Waals surface area contributed by atoms with E-state index in [1.54, 1.807) is 0 Å². The largest absolute Gasteiger partial charge is 0.291 e. The highest BCUT2D eigenvalue weighted by Gasteiger charge is 2.29. The van der Waals surface area contributed by atoms with Crippen molar-refractivity contribution in [2.45, 2.75) is 11.7 Å². The first kappa shape index (κ1) is 9.56. The zero-order valence-electron chi connectivity index (χ0n) is 7.16. The van der Waals surface area contributed by atoms with Crippen LogP contribution in [0.1, 0.15) is 6.42 Å². The third-order valence-electron chi connectivity index (χ3n) is 2.15. The maximum absolute atomic E-state index is 11.1. The van der Waals surface area contributed by atoms with Gasteiger partial charge in [-0.25, -0.2) is 8.42 Å². The molecule has 1 unspecified atom stereocenters. The SMILES string of the molecule is C#CCN1CCC(S(C)(=O)=O)C1. The zero-order chi connectivity index (χ0) is 9.19. The standard InChI is InChI=1S/C8H13NO2S/c1-3-5-9-6-4-8(7-9)12(2,10)11/h1,8H,4-7H2,2H3. The molecule has 0 bridgehead atoms. The quantitative estimate of drug-likeness (QED) is 0.559. The van der Waals surface area contributed by atoms with Crippen LogP contribution in [0, 0.1) is 12.3 Å². The molecule has 4 heteroatoms. The fourth-order valence-corrected chi connectivity index (χ4v) is 2.43. The van der Waals surface area contributed by atoms with E-state index < -0.39 is 9.84 Å². The van der Waals surface area contributed by atoms with Crippen LogP contribution in [0.5, 0.6) is 0 Å². The highest BCUT2D eigenvalue weighted by atomic mass is 32.2. The molecule has 1 rings (SSSR count). The van der Waals surface area contributed by atoms with Crippen LogP contribution < -0.4 is 0 Å². The summed E-state index contributed by atoms with van der Waals surface area (Å²) in [5.74, 6) is 2.51. The maximum Gasteiger partial charge on any atom is 0.151 e. The van der Waals surface area contributed by atoms with Gasteiger partial charge in [-0.1, -0.05) is 5.92 Å². The van der Waals surface area contributed by atoms with Crippen LogP contribution >= 0.6 is 0 Å². The second-order valence-electron chi connectivity index (χ2n) is 3.18. The molecule has 12 heavy (non-hydrogen) atoms. The van der Waals surface area contributed by atoms with Gasteiger partial charge in [0, 0.05) is 19.3 Å². The van der Waals surface area contributed by atoms with Crippen molar-refractivity contribution in [3.63, 3.8) is 0 Å². The van der Waals surface area contributed by atoms with E-state index in [1.807, 2.05) is 4.90 Å². The first-order valence-corrected chi connectivity index (χ1v) is 5.84. The van der Waals surface area contributed by atoms with Gasteiger partial charge in [0.15, 0.2) is 9.84 Å². The van der Waals surface area contributed by atoms with Crippen molar-refractivity contribution >= 4 is 9.84 Å². The number of hydrogen-bond donors (Lipinski definition) is 0. The highest BCUT2D eigenvalue weighted by Crippen LogP contribution is 2.15. The van der Waals surface area contributed by atoms with Crippen molar-refractivity contribution in [2.24, 2.45) is 0 Å². The zero-order valence-corrected chi connectivity index (χ0v) is 7.97. The lowest BCUT2D eigenvalue weighted by Gasteiger charge is -2.10. The Morgan fingerprint density at radius 2 is 2.33 bits per heavy atom. The van der Waals surface area contributed by atoms with Gasteiger partial charge in [-0.3, -0.25) is 4.90 Å². The molecule has 0 spiro atoms. The van der Waals surface area contributed by atoms with Crippen molar-refractivity contribution in [2.75, 3.05) is 25.9 Å². The van der Waals surface area contributed by atoms with Crippen LogP contribution in [0.4, 0.5) is 0 Å². The second-order valence-corrected chi connectivity index (χ2v) is 5.51. The summed E-state index contributed by atoms with van der Waals surface area (Å²) in [7, 11) is -2.86. The topological polar surface area (TPSA) is 37.4 Å². The molecule has 1 aliphatic heterocycles. The van der Waals surface area contributed by atoms with Crippen molar-refractivity contribution in [1.82, 2.24) is 4.90 Å². The molecule has 0 radical (unpaired) electrons. The summed E-state index contributed by atoms with van der Waals surface area (Å²) in [4.78, 5) is 1.99. The Kier molecular flexibility index (Phi) is 2.76. The van der Waals surface area contributed by atoms with Gasteiger partial charge in [-0.15, -0.1) is 6.42 Å². The Balaban J connectivity index is 2.53. The Morgan fingerprint density at radius 1 is 1.67 bits per heavy atom. The molecule has 1 fully saturated rings. The third-order valence-corrected chi connectivity index (χ3v) is 3.75. The van der Waals surface area contributed by atoms with Gasteiger partial charge in [-0.2, -0.15) is 0 Å². The van der Waals surface area contributed by atoms with Crippen molar-refractivity contribution in [3.05, 3.63) is 0 Å². The summed E-state index contributed by atoms with van der Waals surface area (Å²) in [5, 5.41) is -0.203. The predicted octanol–water partition coefficient (Wildman–Crippen LogP) is -0.261. The van der Waals surface area contributed by atoms with Crippen LogP contribution in [-0.2, 0) is 9.84 Å². The summed E-state index contributed by atoms with van der Waals surface area (Å²) < 4.78 is 22.2. The number of rotatable bonds is 2. The van der Waals surface area contributed by atoms with E-state index in [0.717, 1.165) is 13.0 Å². The molecule has 0 aliphatic carbocycles. The fraction of sp³-hybridized carbons (Fsp3) is 0.750. The number of likely N-dealkylation sites (tertiary alicyclic amines) is 1. The lowest BCUT2D eigenvalue weighted by atomic mass is 10.4. The van der Waals surface area contributed by atoms with Gasteiger partial charge in [0.2, 0.25) is 0 Å². The third kappa shape index (κ3) is 2.23. The van der Waals surface area contributed by atoms with E-state index in [1.165, 1.54) is 6.26 Å². The maximum atomic E-state index is 11.1. The molecule has 0 N–H and O–H groups in total. The van der Waals surface area contributed by atoms with Crippen LogP contribution in [0.2, 0.25) is 0 Å². The van der Waals surface area contributed by atoms with E-state index in [9.17, 15) is 8.42 Å². The Labute approximate surface area is 73.7 Å². The summed E-state index contributed by atoms with van der Waals surface area (Å²) in [6, 6.07) is 0. The molecule has 3 nitrogen and oxygen atoms in total. The molecule has 0 amide bonds. The van der Waals surface area contributed by atoms with Crippen LogP contribution in [0.3, 0.4) is 0 Å². The second kappa shape index (κ2) is 3.46. The minimum atomic E-state index is -2.86. The normalized spacial score (nSPS) is 25.5. The van der Waals surface area contributed by atoms with Crippen molar-refractivity contribution in [3.8, 4) is 12.3 Å². The van der Waals surface area contributed by atoms with Crippen LogP contribution in [0.15, 0.2) is 0 Å². The van der Waals surface area contributed by atoms with Gasteiger partial charge in [0.1, 0.15) is 0 Å². The highest BCUT2D eigenvalue weighted by molar-refractivity contribution is 7.91. The van der Waals surface area contributed by atoms with E-state index in [4.69, 9.17) is 6.42 Å². The molecule has 1 heterocycles. The lowest BCUT2D eigenvalue weighted by Crippen LogP contribution is -2.26. The molecule has 0 saturated carbocycles. The number of nitrogens with zero attached hydrogens (tertiary/aromatic N) is 1. The van der Waals surface area contributed by atoms with E-state index >= 15 is 0 Å². The van der Waals surface area contributed by atoms with Gasteiger partial charge in [0.25, 0.3) is 0 Å². The lowest BCUT2D eigenvalue weighted by molar-refractivity contribution is 0.383. The number of hydrogen-bond acceptors (Lipinski definition) is 3. The van der Waals surface area contributed by atoms with Crippen LogP contribution in [-0.4, -0.2) is 44.5 Å². The fourth-order valence-electron chi connectivity index (χ4n) is 1.42.